The highest BCUT2D eigenvalue weighted by Gasteiger charge is 1.57. The molecule has 0 aromatic rings. The van der Waals surface area contributed by atoms with Crippen molar-refractivity contribution in [1.82, 2.24) is 0 Å². The Kier molecular flexibility index (Phi) is 9.52. The average molecular weight is 206 g/mol. The van der Waals surface area contributed by atoms with Crippen molar-refractivity contribution in [3.05, 3.63) is 0 Å². The average Bonchev–Trinajstić information content (AvgIpc) is 2.26. The molecule has 0 aromatic carbocycles. The first kappa shape index (κ1) is 12.5. The number of hydrogen-bond acceptors (Lipinski definition) is 1. The molecule has 0 saturated carbocycles. The van der Waals surface area contributed by atoms with E-state index in [1.807, 2.05) is 0 Å². The summed E-state index contributed by atoms with van der Waals surface area (Å²) < 4.78 is 9.84. The lowest BCUT2D eigenvalue weighted by atomic mass is 10.5. The normalized spacial score (nSPS) is 4.60. The highest BCUT2D eigenvalue weighted by Crippen LogP contribution is 1.79. The van der Waals surface area contributed by atoms with Gasteiger partial charge in [-0.2, -0.15) is 0 Å². The molecule has 0 unspecified atom stereocenters. The van der Waals surface area contributed by atoms with E-state index in [4.69, 9.17) is 0 Å². The predicted molar refractivity (Wildman–Crippen MR) is 59.9 cm³/mol. The standard InChI is InChI=1S/C13H3OP/c1-2-3-4-5-6-7-8-9-10-11-12-13-15-14/h1H3. The second kappa shape index (κ2) is 11.5. The molecule has 0 bridgehead atoms. The van der Waals surface area contributed by atoms with Crippen LogP contribution in [0.1, 0.15) is 6.92 Å². The Balaban J connectivity index is 4.19. The van der Waals surface area contributed by atoms with E-state index in [9.17, 15) is 4.57 Å². The molecule has 1 nitrogen and oxygen atoms in total. The van der Waals surface area contributed by atoms with Crippen molar-refractivity contribution in [1.29, 1.82) is 0 Å². The van der Waals surface area contributed by atoms with Crippen LogP contribution in [0.2, 0.25) is 0 Å². The van der Waals surface area contributed by atoms with Crippen LogP contribution in [0.5, 0.6) is 0 Å². The van der Waals surface area contributed by atoms with Crippen molar-refractivity contribution in [2.24, 2.45) is 0 Å². The largest absolute Gasteiger partial charge is 0.260 e. The maximum atomic E-state index is 9.84. The van der Waals surface area contributed by atoms with E-state index < -0.39 is 0 Å². The zero-order valence-electron chi connectivity index (χ0n) is 7.86. The van der Waals surface area contributed by atoms with E-state index in [0.717, 1.165) is 0 Å². The van der Waals surface area contributed by atoms with E-state index in [-0.39, 0.29) is 8.46 Å². The van der Waals surface area contributed by atoms with Crippen molar-refractivity contribution < 1.29 is 4.57 Å². The molecule has 0 aromatic heterocycles. The molecule has 0 aliphatic heterocycles. The first-order valence-corrected chi connectivity index (χ1v) is 4.47. The molecule has 0 aliphatic carbocycles. The fourth-order valence-electron chi connectivity index (χ4n) is 0.363. The summed E-state index contributed by atoms with van der Waals surface area (Å²) in [5.41, 5.74) is 2.23. The molecule has 0 heterocycles. The molecular formula is C13H3OP. The molecule has 0 rings (SSSR count). The predicted octanol–water partition coefficient (Wildman–Crippen LogP) is 1.28. The minimum Gasteiger partial charge on any atom is -0.260 e. The minimum atomic E-state index is -0.246. The minimum absolute atomic E-state index is 0.246. The third-order valence-electron chi connectivity index (χ3n) is 0.789. The van der Waals surface area contributed by atoms with Crippen LogP contribution in [-0.2, 0) is 4.57 Å². The first-order valence-electron chi connectivity index (χ1n) is 3.66. The molecule has 66 valence electrons. The zero-order valence-corrected chi connectivity index (χ0v) is 8.75. The second-order valence-corrected chi connectivity index (χ2v) is 2.11. The van der Waals surface area contributed by atoms with Gasteiger partial charge < -0.3 is 0 Å². The summed E-state index contributed by atoms with van der Waals surface area (Å²) >= 11 is 0. The second-order valence-electron chi connectivity index (χ2n) is 1.70. The molecule has 0 aliphatic rings. The van der Waals surface area contributed by atoms with Crippen LogP contribution in [-0.4, -0.2) is 0 Å². The van der Waals surface area contributed by atoms with E-state index in [1.165, 1.54) is 0 Å². The van der Waals surface area contributed by atoms with Gasteiger partial charge in [-0.05, 0) is 66.1 Å². The van der Waals surface area contributed by atoms with Gasteiger partial charge in [0, 0.05) is 5.66 Å². The zero-order chi connectivity index (χ0) is 11.2. The molecule has 15 heavy (non-hydrogen) atoms. The topological polar surface area (TPSA) is 17.1 Å². The van der Waals surface area contributed by atoms with Crippen LogP contribution in [0.15, 0.2) is 0 Å². The Bertz CT molecular complexity index is 588. The summed E-state index contributed by atoms with van der Waals surface area (Å²) in [6, 6.07) is 0. The molecule has 0 amide bonds. The monoisotopic (exact) mass is 206 g/mol. The fourth-order valence-corrected chi connectivity index (χ4v) is 0.465. The highest BCUT2D eigenvalue weighted by molar-refractivity contribution is 7.30. The maximum absolute atomic E-state index is 9.84. The number of hydrogen-bond donors (Lipinski definition) is 0. The van der Waals surface area contributed by atoms with Gasteiger partial charge >= 0.3 is 0 Å². The molecule has 0 N–H and O–H groups in total. The third-order valence-corrected chi connectivity index (χ3v) is 0.992. The van der Waals surface area contributed by atoms with E-state index in [1.54, 1.807) is 6.92 Å². The van der Waals surface area contributed by atoms with E-state index in [2.05, 4.69) is 70.8 Å². The Morgan fingerprint density at radius 3 is 1.47 bits per heavy atom. The van der Waals surface area contributed by atoms with Gasteiger partial charge in [0.2, 0.25) is 8.46 Å². The Labute approximate surface area is 91.2 Å². The van der Waals surface area contributed by atoms with Crippen LogP contribution < -0.4 is 0 Å². The van der Waals surface area contributed by atoms with Gasteiger partial charge in [-0.25, -0.2) is 0 Å². The summed E-state index contributed by atoms with van der Waals surface area (Å²) in [6.45, 7) is 1.69. The first-order chi connectivity index (χ1) is 7.41. The van der Waals surface area contributed by atoms with Crippen LogP contribution in [0, 0.1) is 70.8 Å². The Morgan fingerprint density at radius 2 is 1.07 bits per heavy atom. The third kappa shape index (κ3) is 11.5. The van der Waals surface area contributed by atoms with Crippen LogP contribution in [0.3, 0.4) is 0 Å². The van der Waals surface area contributed by atoms with Gasteiger partial charge in [-0.1, -0.05) is 5.92 Å². The van der Waals surface area contributed by atoms with Crippen LogP contribution >= 0.6 is 8.46 Å². The lowest BCUT2D eigenvalue weighted by Gasteiger charge is -1.55. The van der Waals surface area contributed by atoms with Gasteiger partial charge in [-0.15, -0.1) is 0 Å². The van der Waals surface area contributed by atoms with Crippen molar-refractivity contribution in [2.75, 3.05) is 0 Å². The van der Waals surface area contributed by atoms with Gasteiger partial charge in [0.25, 0.3) is 0 Å². The molecular weight excluding hydrogens is 203 g/mol. The van der Waals surface area contributed by atoms with Crippen LogP contribution in [0.25, 0.3) is 0 Å². The van der Waals surface area contributed by atoms with Gasteiger partial charge in [0.15, 0.2) is 0 Å². The van der Waals surface area contributed by atoms with Crippen molar-refractivity contribution in [3.63, 3.8) is 0 Å². The summed E-state index contributed by atoms with van der Waals surface area (Å²) in [5.74, 6) is 27.1. The molecule has 0 fully saturated rings. The quantitative estimate of drug-likeness (QED) is 0.431. The highest BCUT2D eigenvalue weighted by atomic mass is 31.1. The Morgan fingerprint density at radius 1 is 0.667 bits per heavy atom. The van der Waals surface area contributed by atoms with E-state index >= 15 is 0 Å². The summed E-state index contributed by atoms with van der Waals surface area (Å²) in [6.07, 6.45) is 0. The maximum Gasteiger partial charge on any atom is 0.247 e. The molecule has 0 spiro atoms. The molecule has 0 atom stereocenters. The van der Waals surface area contributed by atoms with Crippen molar-refractivity contribution in [2.45, 2.75) is 6.92 Å². The van der Waals surface area contributed by atoms with Crippen molar-refractivity contribution in [3.8, 4) is 70.8 Å². The summed E-state index contributed by atoms with van der Waals surface area (Å²) in [5, 5.41) is 0. The molecule has 2 heteroatoms. The molecule has 0 radical (unpaired) electrons. The summed E-state index contributed by atoms with van der Waals surface area (Å²) in [7, 11) is -0.246. The summed E-state index contributed by atoms with van der Waals surface area (Å²) in [4.78, 5) is 0. The lowest BCUT2D eigenvalue weighted by Crippen LogP contribution is -1.54. The lowest BCUT2D eigenvalue weighted by molar-refractivity contribution is 0.603. The van der Waals surface area contributed by atoms with Gasteiger partial charge in [-0.3, -0.25) is 4.57 Å². The van der Waals surface area contributed by atoms with Crippen LogP contribution in [0.4, 0.5) is 0 Å². The van der Waals surface area contributed by atoms with E-state index in [0.29, 0.717) is 0 Å². The fraction of sp³-hybridized carbons (Fsp3) is 0.0769. The number of rotatable bonds is 0. The van der Waals surface area contributed by atoms with Crippen molar-refractivity contribution >= 4 is 8.46 Å². The molecule has 0 saturated heterocycles. The smallest absolute Gasteiger partial charge is 0.247 e. The Hall–Kier alpha value is -2.54. The van der Waals surface area contributed by atoms with Gasteiger partial charge in [0.05, 0.1) is 0 Å². The van der Waals surface area contributed by atoms with Gasteiger partial charge in [0.1, 0.15) is 0 Å². The SMILES string of the molecule is CC#CC#CC#CC#CC#CC#CP=O.